The van der Waals surface area contributed by atoms with Crippen molar-refractivity contribution >= 4 is 38.9 Å². The fourth-order valence-corrected chi connectivity index (χ4v) is 5.18. The number of thiocarbonyl (C=S) groups is 1. The number of hydrogen-bond donors (Lipinski definition) is 1. The van der Waals surface area contributed by atoms with Crippen molar-refractivity contribution in [2.75, 3.05) is 12.0 Å². The summed E-state index contributed by atoms with van der Waals surface area (Å²) in [7, 11) is 1.66. The highest BCUT2D eigenvalue weighted by molar-refractivity contribution is 9.10. The lowest BCUT2D eigenvalue weighted by atomic mass is 10.0. The number of ether oxygens (including phenoxy) is 1. The first-order valence-electron chi connectivity index (χ1n) is 10.6. The third-order valence-corrected chi connectivity index (χ3v) is 6.73. The number of aromatic nitrogens is 1. The van der Waals surface area contributed by atoms with Crippen LogP contribution in [0.5, 0.6) is 5.75 Å². The molecule has 0 saturated carbocycles. The molecule has 1 aliphatic heterocycles. The lowest BCUT2D eigenvalue weighted by molar-refractivity contribution is 0.414. The van der Waals surface area contributed by atoms with Gasteiger partial charge < -0.3 is 19.4 Å². The van der Waals surface area contributed by atoms with Crippen molar-refractivity contribution in [3.63, 3.8) is 0 Å². The average molecular weight is 520 g/mol. The standard InChI is InChI=1S/C26H22BrN3O2S/c1-16-6-11-19(20(27)15-16)22-12-13-23(32-22)25-24(21-5-3-4-14-28-21)29-26(33)30(25)17-7-9-18(31-2)10-8-17/h3-15,24-25H,1-2H3,(H,29,33)/t24-,25+/m1/s1. The molecule has 1 fully saturated rings. The fraction of sp³-hybridized carbons (Fsp3) is 0.154. The van der Waals surface area contributed by atoms with Crippen LogP contribution < -0.4 is 15.0 Å². The van der Waals surface area contributed by atoms with E-state index in [1.807, 2.05) is 54.6 Å². The number of nitrogens with zero attached hydrogens (tertiary/aromatic N) is 2. The molecule has 1 aliphatic rings. The van der Waals surface area contributed by atoms with Crippen LogP contribution in [0.1, 0.15) is 29.1 Å². The van der Waals surface area contributed by atoms with Gasteiger partial charge in [-0.1, -0.05) is 28.1 Å². The summed E-state index contributed by atoms with van der Waals surface area (Å²) in [6.45, 7) is 2.07. The fourth-order valence-electron chi connectivity index (χ4n) is 4.14. The molecule has 0 radical (unpaired) electrons. The van der Waals surface area contributed by atoms with E-state index >= 15 is 0 Å². The number of hydrogen-bond acceptors (Lipinski definition) is 4. The smallest absolute Gasteiger partial charge is 0.174 e. The number of anilines is 1. The molecule has 3 heterocycles. The Morgan fingerprint density at radius 3 is 2.58 bits per heavy atom. The molecule has 1 N–H and O–H groups in total. The Hall–Kier alpha value is -3.16. The maximum atomic E-state index is 6.45. The Balaban J connectivity index is 1.59. The van der Waals surface area contributed by atoms with Crippen LogP contribution in [-0.4, -0.2) is 17.2 Å². The largest absolute Gasteiger partial charge is 0.497 e. The van der Waals surface area contributed by atoms with Crippen molar-refractivity contribution in [2.45, 2.75) is 19.0 Å². The zero-order valence-corrected chi connectivity index (χ0v) is 20.6. The van der Waals surface area contributed by atoms with Gasteiger partial charge in [0, 0.05) is 21.9 Å². The van der Waals surface area contributed by atoms with Crippen molar-refractivity contribution in [3.05, 3.63) is 100 Å². The molecule has 0 bridgehead atoms. The van der Waals surface area contributed by atoms with Gasteiger partial charge in [0.1, 0.15) is 23.3 Å². The second-order valence-electron chi connectivity index (χ2n) is 7.88. The summed E-state index contributed by atoms with van der Waals surface area (Å²) < 4.78 is 12.8. The van der Waals surface area contributed by atoms with Gasteiger partial charge in [0.2, 0.25) is 0 Å². The second-order valence-corrected chi connectivity index (χ2v) is 9.12. The van der Waals surface area contributed by atoms with Crippen molar-refractivity contribution in [1.29, 1.82) is 0 Å². The Kier molecular flexibility index (Phi) is 5.91. The third kappa shape index (κ3) is 4.14. The number of furan rings is 1. The highest BCUT2D eigenvalue weighted by atomic mass is 79.9. The molecule has 5 nitrogen and oxygen atoms in total. The summed E-state index contributed by atoms with van der Waals surface area (Å²) in [6.07, 6.45) is 1.80. The quantitative estimate of drug-likeness (QED) is 0.300. The molecule has 2 aromatic heterocycles. The summed E-state index contributed by atoms with van der Waals surface area (Å²) in [5, 5.41) is 4.08. The molecule has 4 aromatic rings. The van der Waals surface area contributed by atoms with Crippen molar-refractivity contribution in [3.8, 4) is 17.1 Å². The Morgan fingerprint density at radius 2 is 1.88 bits per heavy atom. The predicted octanol–water partition coefficient (Wildman–Crippen LogP) is 6.60. The average Bonchev–Trinajstić information content (AvgIpc) is 3.44. The number of nitrogens with one attached hydrogen (secondary N) is 1. The highest BCUT2D eigenvalue weighted by Crippen LogP contribution is 2.43. The summed E-state index contributed by atoms with van der Waals surface area (Å²) in [5.74, 6) is 2.39. The molecule has 166 valence electrons. The van der Waals surface area contributed by atoms with Gasteiger partial charge >= 0.3 is 0 Å². The van der Waals surface area contributed by atoms with Gasteiger partial charge in [0.15, 0.2) is 5.11 Å². The van der Waals surface area contributed by atoms with Gasteiger partial charge in [-0.05, 0) is 85.4 Å². The van der Waals surface area contributed by atoms with E-state index in [-0.39, 0.29) is 12.1 Å². The van der Waals surface area contributed by atoms with Crippen LogP contribution in [0.2, 0.25) is 0 Å². The minimum atomic E-state index is -0.209. The second kappa shape index (κ2) is 9.00. The minimum Gasteiger partial charge on any atom is -0.497 e. The molecule has 0 spiro atoms. The lowest BCUT2D eigenvalue weighted by Gasteiger charge is -2.26. The summed E-state index contributed by atoms with van der Waals surface area (Å²) in [4.78, 5) is 6.68. The van der Waals surface area contributed by atoms with E-state index in [0.29, 0.717) is 5.11 Å². The van der Waals surface area contributed by atoms with Crippen LogP contribution in [0.25, 0.3) is 11.3 Å². The van der Waals surface area contributed by atoms with Crippen LogP contribution >= 0.6 is 28.1 Å². The van der Waals surface area contributed by atoms with Crippen LogP contribution in [0.4, 0.5) is 5.69 Å². The Labute approximate surface area is 206 Å². The van der Waals surface area contributed by atoms with Crippen LogP contribution in [-0.2, 0) is 0 Å². The van der Waals surface area contributed by atoms with Gasteiger partial charge in [0.05, 0.1) is 18.8 Å². The number of benzene rings is 2. The van der Waals surface area contributed by atoms with E-state index in [4.69, 9.17) is 21.4 Å². The first kappa shape index (κ1) is 21.7. The van der Waals surface area contributed by atoms with Gasteiger partial charge in [-0.25, -0.2) is 0 Å². The molecule has 0 aliphatic carbocycles. The molecule has 5 rings (SSSR count). The van der Waals surface area contributed by atoms with E-state index in [9.17, 15) is 0 Å². The number of pyridine rings is 1. The first-order chi connectivity index (χ1) is 16.0. The van der Waals surface area contributed by atoms with Crippen LogP contribution in [0, 0.1) is 6.92 Å². The van der Waals surface area contributed by atoms with Gasteiger partial charge in [-0.2, -0.15) is 0 Å². The maximum Gasteiger partial charge on any atom is 0.174 e. The molecule has 2 atom stereocenters. The zero-order chi connectivity index (χ0) is 22.9. The normalized spacial score (nSPS) is 17.8. The van der Waals surface area contributed by atoms with Crippen molar-refractivity contribution < 1.29 is 9.15 Å². The van der Waals surface area contributed by atoms with Crippen LogP contribution in [0.15, 0.2) is 87.9 Å². The topological polar surface area (TPSA) is 50.5 Å². The van der Waals surface area contributed by atoms with E-state index in [0.717, 1.165) is 38.7 Å². The summed E-state index contributed by atoms with van der Waals surface area (Å²) in [6, 6.07) is 23.6. The van der Waals surface area contributed by atoms with E-state index < -0.39 is 0 Å². The zero-order valence-electron chi connectivity index (χ0n) is 18.2. The Bertz CT molecular complexity index is 1290. The third-order valence-electron chi connectivity index (χ3n) is 5.76. The summed E-state index contributed by atoms with van der Waals surface area (Å²) >= 11 is 9.45. The van der Waals surface area contributed by atoms with E-state index in [1.165, 1.54) is 5.56 Å². The highest BCUT2D eigenvalue weighted by Gasteiger charge is 2.42. The molecule has 33 heavy (non-hydrogen) atoms. The molecule has 1 saturated heterocycles. The van der Waals surface area contributed by atoms with E-state index in [1.54, 1.807) is 13.3 Å². The number of aryl methyl sites for hydroxylation is 1. The molecular formula is C26H22BrN3O2S. The number of halogens is 1. The lowest BCUT2D eigenvalue weighted by Crippen LogP contribution is -2.29. The van der Waals surface area contributed by atoms with Crippen LogP contribution in [0.3, 0.4) is 0 Å². The molecule has 7 heteroatoms. The molecule has 0 amide bonds. The molecule has 0 unspecified atom stereocenters. The number of methoxy groups -OCH3 is 1. The maximum absolute atomic E-state index is 6.45. The Morgan fingerprint density at radius 1 is 1.06 bits per heavy atom. The van der Waals surface area contributed by atoms with Gasteiger partial charge in [-0.15, -0.1) is 0 Å². The molecular weight excluding hydrogens is 498 g/mol. The minimum absolute atomic E-state index is 0.165. The predicted molar refractivity (Wildman–Crippen MR) is 138 cm³/mol. The summed E-state index contributed by atoms with van der Waals surface area (Å²) in [5.41, 5.74) is 4.04. The van der Waals surface area contributed by atoms with Crippen molar-refractivity contribution in [1.82, 2.24) is 10.3 Å². The first-order valence-corrected chi connectivity index (χ1v) is 11.8. The molecule has 2 aromatic carbocycles. The van der Waals surface area contributed by atoms with Crippen molar-refractivity contribution in [2.24, 2.45) is 0 Å². The van der Waals surface area contributed by atoms with E-state index in [2.05, 4.69) is 56.3 Å². The number of rotatable bonds is 5. The van der Waals surface area contributed by atoms with Gasteiger partial charge in [0.25, 0.3) is 0 Å². The monoisotopic (exact) mass is 519 g/mol. The SMILES string of the molecule is COc1ccc(N2C(=S)N[C@H](c3ccccn3)[C@@H]2c2ccc(-c3ccc(C)cc3Br)o2)cc1. The van der Waals surface area contributed by atoms with Gasteiger partial charge in [-0.3, -0.25) is 4.98 Å².